The second-order valence-electron chi connectivity index (χ2n) is 10.7. The summed E-state index contributed by atoms with van der Waals surface area (Å²) in [5, 5.41) is 11.3. The Morgan fingerprint density at radius 2 is 1.38 bits per heavy atom. The van der Waals surface area contributed by atoms with E-state index in [9.17, 15) is 0 Å². The van der Waals surface area contributed by atoms with Gasteiger partial charge in [0.2, 0.25) is 0 Å². The van der Waals surface area contributed by atoms with Crippen molar-refractivity contribution >= 4 is 21.9 Å². The molecule has 0 aliphatic carbocycles. The predicted octanol–water partition coefficient (Wildman–Crippen LogP) is 10.1. The van der Waals surface area contributed by atoms with Gasteiger partial charge >= 0.3 is 0 Å². The molecule has 3 heteroatoms. The van der Waals surface area contributed by atoms with Gasteiger partial charge in [-0.1, -0.05) is 76.2 Å². The van der Waals surface area contributed by atoms with Crippen LogP contribution in [-0.2, 0) is 0 Å². The maximum Gasteiger partial charge on any atom is 0.144 e. The summed E-state index contributed by atoms with van der Waals surface area (Å²) in [7, 11) is 0. The van der Waals surface area contributed by atoms with Crippen LogP contribution in [0.2, 0.25) is 0 Å². The van der Waals surface area contributed by atoms with E-state index in [0.29, 0.717) is 17.4 Å². The lowest BCUT2D eigenvalue weighted by Gasteiger charge is -2.20. The molecule has 39 heavy (non-hydrogen) atoms. The molecule has 2 heterocycles. The van der Waals surface area contributed by atoms with Crippen LogP contribution in [0.1, 0.15) is 56.2 Å². The zero-order chi connectivity index (χ0) is 27.1. The normalized spacial score (nSPS) is 11.5. The highest BCUT2D eigenvalue weighted by Gasteiger charge is 2.18. The fraction of sp³-hybridized carbons (Fsp3) is 0.167. The van der Waals surface area contributed by atoms with Crippen LogP contribution >= 0.6 is 0 Å². The van der Waals surface area contributed by atoms with Crippen molar-refractivity contribution in [3.63, 3.8) is 0 Å². The van der Waals surface area contributed by atoms with Crippen molar-refractivity contribution in [2.24, 2.45) is 0 Å². The largest absolute Gasteiger partial charge is 0.455 e. The number of pyridine rings is 1. The molecule has 0 bridgehead atoms. The third-order valence-electron chi connectivity index (χ3n) is 7.54. The number of aromatic nitrogens is 1. The van der Waals surface area contributed by atoms with Gasteiger partial charge < -0.3 is 4.42 Å². The molecule has 6 aromatic rings. The van der Waals surface area contributed by atoms with Crippen LogP contribution in [0.4, 0.5) is 0 Å². The van der Waals surface area contributed by atoms with Crippen LogP contribution in [0.3, 0.4) is 0 Å². The third kappa shape index (κ3) is 4.39. The summed E-state index contributed by atoms with van der Waals surface area (Å²) in [6.07, 6.45) is 1.91. The zero-order valence-electron chi connectivity index (χ0n) is 22.7. The molecule has 0 unspecified atom stereocenters. The Kier molecular flexibility index (Phi) is 6.25. The van der Waals surface area contributed by atoms with Crippen LogP contribution < -0.4 is 0 Å². The molecular formula is C36H30N2O. The number of furan rings is 1. The second-order valence-corrected chi connectivity index (χ2v) is 10.7. The summed E-state index contributed by atoms with van der Waals surface area (Å²) in [6, 6.07) is 33.4. The first-order valence-corrected chi connectivity index (χ1v) is 13.5. The summed E-state index contributed by atoms with van der Waals surface area (Å²) in [4.78, 5) is 4.80. The van der Waals surface area contributed by atoms with Gasteiger partial charge in [-0.2, -0.15) is 5.26 Å². The highest BCUT2D eigenvalue weighted by molar-refractivity contribution is 6.10. The molecule has 0 saturated carbocycles. The number of rotatable bonds is 5. The Balaban J connectivity index is 1.49. The second kappa shape index (κ2) is 9.89. The highest BCUT2D eigenvalue weighted by atomic mass is 16.3. The quantitative estimate of drug-likeness (QED) is 0.234. The van der Waals surface area contributed by atoms with E-state index in [1.54, 1.807) is 0 Å². The molecule has 3 nitrogen and oxygen atoms in total. The molecule has 0 amide bonds. The predicted molar refractivity (Wildman–Crippen MR) is 161 cm³/mol. The SMILES string of the molecule is CC(C)c1cccc(C(C)C)c1-c1ccnc(-c2cccc3c2oc2cc(-c4ccc(C#N)cc4)ccc23)c1. The van der Waals surface area contributed by atoms with Crippen molar-refractivity contribution in [1.29, 1.82) is 5.26 Å². The Morgan fingerprint density at radius 3 is 2.08 bits per heavy atom. The summed E-state index contributed by atoms with van der Waals surface area (Å²) < 4.78 is 6.52. The number of para-hydroxylation sites is 1. The molecule has 4 aromatic carbocycles. The maximum absolute atomic E-state index is 9.13. The maximum atomic E-state index is 9.13. The van der Waals surface area contributed by atoms with Gasteiger partial charge in [0.15, 0.2) is 0 Å². The molecule has 190 valence electrons. The lowest BCUT2D eigenvalue weighted by Crippen LogP contribution is -2.00. The molecule has 6 rings (SSSR count). The van der Waals surface area contributed by atoms with Gasteiger partial charge in [-0.25, -0.2) is 0 Å². The van der Waals surface area contributed by atoms with E-state index in [4.69, 9.17) is 14.7 Å². The smallest absolute Gasteiger partial charge is 0.144 e. The van der Waals surface area contributed by atoms with Gasteiger partial charge in [0.1, 0.15) is 11.2 Å². The van der Waals surface area contributed by atoms with Crippen LogP contribution in [0.15, 0.2) is 102 Å². The van der Waals surface area contributed by atoms with Gasteiger partial charge in [-0.15, -0.1) is 0 Å². The first-order valence-electron chi connectivity index (χ1n) is 13.5. The molecule has 2 aromatic heterocycles. The fourth-order valence-electron chi connectivity index (χ4n) is 5.53. The van der Waals surface area contributed by atoms with Crippen LogP contribution in [0, 0.1) is 11.3 Å². The zero-order valence-corrected chi connectivity index (χ0v) is 22.7. The molecule has 0 fully saturated rings. The monoisotopic (exact) mass is 506 g/mol. The van der Waals surface area contributed by atoms with E-state index < -0.39 is 0 Å². The van der Waals surface area contributed by atoms with Crippen molar-refractivity contribution in [3.05, 3.63) is 114 Å². The number of hydrogen-bond acceptors (Lipinski definition) is 3. The first kappa shape index (κ1) is 24.6. The van der Waals surface area contributed by atoms with Crippen LogP contribution in [0.5, 0.6) is 0 Å². The van der Waals surface area contributed by atoms with E-state index in [1.165, 1.54) is 22.3 Å². The number of hydrogen-bond donors (Lipinski definition) is 0. The molecular weight excluding hydrogens is 476 g/mol. The lowest BCUT2D eigenvalue weighted by molar-refractivity contribution is 0.670. The van der Waals surface area contributed by atoms with Crippen LogP contribution in [0.25, 0.3) is 55.4 Å². The van der Waals surface area contributed by atoms with Crippen molar-refractivity contribution in [2.45, 2.75) is 39.5 Å². The van der Waals surface area contributed by atoms with Crippen molar-refractivity contribution < 1.29 is 4.42 Å². The Morgan fingerprint density at radius 1 is 0.692 bits per heavy atom. The minimum Gasteiger partial charge on any atom is -0.455 e. The van der Waals surface area contributed by atoms with Gasteiger partial charge in [-0.05, 0) is 87.7 Å². The molecule has 0 N–H and O–H groups in total. The topological polar surface area (TPSA) is 49.8 Å². The average Bonchev–Trinajstić information content (AvgIpc) is 3.35. The third-order valence-corrected chi connectivity index (χ3v) is 7.54. The molecule has 0 atom stereocenters. The van der Waals surface area contributed by atoms with Crippen molar-refractivity contribution in [1.82, 2.24) is 4.98 Å². The Bertz CT molecular complexity index is 1840. The molecule has 0 aliphatic rings. The number of fused-ring (bicyclic) bond motifs is 3. The Labute approximate surface area is 229 Å². The van der Waals surface area contributed by atoms with E-state index in [-0.39, 0.29) is 0 Å². The lowest BCUT2D eigenvalue weighted by atomic mass is 9.85. The average molecular weight is 507 g/mol. The van der Waals surface area contributed by atoms with Gasteiger partial charge in [0.05, 0.1) is 17.3 Å². The summed E-state index contributed by atoms with van der Waals surface area (Å²) in [6.45, 7) is 9.03. The summed E-state index contributed by atoms with van der Waals surface area (Å²) in [5.41, 5.74) is 11.5. The Hall–Kier alpha value is -4.68. The molecule has 0 spiro atoms. The summed E-state index contributed by atoms with van der Waals surface area (Å²) in [5.74, 6) is 0.832. The van der Waals surface area contributed by atoms with Crippen molar-refractivity contribution in [2.75, 3.05) is 0 Å². The van der Waals surface area contributed by atoms with E-state index >= 15 is 0 Å². The van der Waals surface area contributed by atoms with E-state index in [1.807, 2.05) is 30.5 Å². The van der Waals surface area contributed by atoms with E-state index in [0.717, 1.165) is 44.3 Å². The number of nitrogens with zero attached hydrogens (tertiary/aromatic N) is 2. The summed E-state index contributed by atoms with van der Waals surface area (Å²) >= 11 is 0. The fourth-order valence-corrected chi connectivity index (χ4v) is 5.53. The highest BCUT2D eigenvalue weighted by Crippen LogP contribution is 2.40. The first-order chi connectivity index (χ1) is 18.9. The van der Waals surface area contributed by atoms with Crippen LogP contribution in [-0.4, -0.2) is 4.98 Å². The standard InChI is InChI=1S/C36H30N2O/c1-22(2)28-7-5-8-29(23(3)4)35(28)27-17-18-38-33(19-27)32-10-6-9-31-30-16-15-26(20-34(30)39-36(31)32)25-13-11-24(21-37)12-14-25/h5-20,22-23H,1-4H3. The molecule has 0 aliphatic heterocycles. The van der Waals surface area contributed by atoms with E-state index in [2.05, 4.69) is 100 Å². The van der Waals surface area contributed by atoms with Crippen molar-refractivity contribution in [3.8, 4) is 39.6 Å². The minimum atomic E-state index is 0.416. The number of benzene rings is 4. The van der Waals surface area contributed by atoms with Gasteiger partial charge in [0.25, 0.3) is 0 Å². The minimum absolute atomic E-state index is 0.416. The molecule has 0 saturated heterocycles. The number of nitriles is 1. The molecule has 0 radical (unpaired) electrons. The van der Waals surface area contributed by atoms with Gasteiger partial charge in [-0.3, -0.25) is 4.98 Å². The van der Waals surface area contributed by atoms with Gasteiger partial charge in [0, 0.05) is 22.5 Å².